The summed E-state index contributed by atoms with van der Waals surface area (Å²) in [6, 6.07) is 8.08. The van der Waals surface area contributed by atoms with Crippen molar-refractivity contribution in [1.82, 2.24) is 9.97 Å². The quantitative estimate of drug-likeness (QED) is 0.857. The number of anilines is 3. The molecule has 0 saturated carbocycles. The molecule has 124 valence electrons. The smallest absolute Gasteiger partial charge is 0.238 e. The summed E-state index contributed by atoms with van der Waals surface area (Å²) in [5.41, 5.74) is 1.06. The zero-order valence-electron chi connectivity index (χ0n) is 12.8. The third-order valence-corrected chi connectivity index (χ3v) is 4.66. The molecule has 0 amide bonds. The molecule has 0 aliphatic carbocycles. The number of nitriles is 1. The van der Waals surface area contributed by atoms with E-state index in [1.165, 1.54) is 18.3 Å². The van der Waals surface area contributed by atoms with Gasteiger partial charge in [0, 0.05) is 18.8 Å². The first-order chi connectivity index (χ1) is 11.5. The molecule has 0 bridgehead atoms. The Kier molecular flexibility index (Phi) is 4.33. The van der Waals surface area contributed by atoms with Crippen molar-refractivity contribution in [3.63, 3.8) is 0 Å². The number of benzene rings is 1. The van der Waals surface area contributed by atoms with E-state index in [0.717, 1.165) is 25.9 Å². The number of primary sulfonamides is 1. The van der Waals surface area contributed by atoms with Crippen molar-refractivity contribution in [2.75, 3.05) is 23.3 Å². The maximum atomic E-state index is 11.3. The maximum Gasteiger partial charge on any atom is 0.238 e. The number of sulfonamides is 1. The summed E-state index contributed by atoms with van der Waals surface area (Å²) < 4.78 is 22.5. The van der Waals surface area contributed by atoms with Crippen LogP contribution in [0.15, 0.2) is 35.4 Å². The molecule has 0 unspecified atom stereocenters. The first-order valence-electron chi connectivity index (χ1n) is 7.39. The van der Waals surface area contributed by atoms with Gasteiger partial charge in [-0.3, -0.25) is 0 Å². The highest BCUT2D eigenvalue weighted by molar-refractivity contribution is 7.89. The maximum absolute atomic E-state index is 11.3. The molecule has 1 fully saturated rings. The Bertz CT molecular complexity index is 883. The zero-order chi connectivity index (χ0) is 17.2. The number of nitrogens with one attached hydrogen (secondary N) is 1. The first-order valence-corrected chi connectivity index (χ1v) is 8.94. The van der Waals surface area contributed by atoms with Crippen molar-refractivity contribution in [1.29, 1.82) is 5.26 Å². The normalized spacial score (nSPS) is 14.4. The lowest BCUT2D eigenvalue weighted by molar-refractivity contribution is 0.598. The van der Waals surface area contributed by atoms with E-state index in [2.05, 4.69) is 26.3 Å². The fourth-order valence-corrected chi connectivity index (χ4v) is 3.05. The van der Waals surface area contributed by atoms with Gasteiger partial charge in [-0.1, -0.05) is 0 Å². The summed E-state index contributed by atoms with van der Waals surface area (Å²) >= 11 is 0. The Morgan fingerprint density at radius 2 is 1.88 bits per heavy atom. The minimum Gasteiger partial charge on any atom is -0.355 e. The molecule has 8 nitrogen and oxygen atoms in total. The van der Waals surface area contributed by atoms with Gasteiger partial charge >= 0.3 is 0 Å². The first kappa shape index (κ1) is 16.2. The Hall–Kier alpha value is -2.70. The van der Waals surface area contributed by atoms with Gasteiger partial charge in [0.15, 0.2) is 5.82 Å². The third kappa shape index (κ3) is 3.45. The van der Waals surface area contributed by atoms with Crippen LogP contribution in [0.3, 0.4) is 0 Å². The van der Waals surface area contributed by atoms with Gasteiger partial charge in [-0.25, -0.2) is 18.5 Å². The minimum absolute atomic E-state index is 0.0338. The van der Waals surface area contributed by atoms with E-state index >= 15 is 0 Å². The van der Waals surface area contributed by atoms with Gasteiger partial charge in [0.2, 0.25) is 16.0 Å². The van der Waals surface area contributed by atoms with Crippen LogP contribution in [-0.4, -0.2) is 31.5 Å². The summed E-state index contributed by atoms with van der Waals surface area (Å²) in [6.07, 6.45) is 3.64. The van der Waals surface area contributed by atoms with Crippen LogP contribution in [0.4, 0.5) is 17.5 Å². The van der Waals surface area contributed by atoms with Gasteiger partial charge in [-0.15, -0.1) is 0 Å². The van der Waals surface area contributed by atoms with Gasteiger partial charge in [0.05, 0.1) is 11.1 Å². The van der Waals surface area contributed by atoms with E-state index in [0.29, 0.717) is 23.0 Å². The number of hydrogen-bond acceptors (Lipinski definition) is 7. The highest BCUT2D eigenvalue weighted by Crippen LogP contribution is 2.24. The minimum atomic E-state index is -3.72. The fourth-order valence-electron chi connectivity index (χ4n) is 2.54. The third-order valence-electron chi connectivity index (χ3n) is 3.73. The van der Waals surface area contributed by atoms with Gasteiger partial charge in [0.1, 0.15) is 11.6 Å². The molecule has 0 atom stereocenters. The molecule has 3 N–H and O–H groups in total. The molecule has 1 aromatic carbocycles. The number of rotatable bonds is 4. The Morgan fingerprint density at radius 1 is 1.21 bits per heavy atom. The Balaban J connectivity index is 1.85. The van der Waals surface area contributed by atoms with Crippen LogP contribution in [0.2, 0.25) is 0 Å². The van der Waals surface area contributed by atoms with Crippen LogP contribution in [0.1, 0.15) is 18.4 Å². The molecule has 24 heavy (non-hydrogen) atoms. The molecule has 1 saturated heterocycles. The standard InChI is InChI=1S/C15H16N6O2S/c16-9-11-10-18-15(20-14(11)21-7-1-2-8-21)19-12-3-5-13(6-4-12)24(17,22)23/h3-6,10H,1-2,7-8H2,(H2,17,22,23)(H,18,19,20). The summed E-state index contributed by atoms with van der Waals surface area (Å²) in [7, 11) is -3.72. The average Bonchev–Trinajstić information content (AvgIpc) is 3.09. The lowest BCUT2D eigenvalue weighted by atomic mass is 10.3. The summed E-state index contributed by atoms with van der Waals surface area (Å²) in [6.45, 7) is 1.74. The molecule has 1 aromatic heterocycles. The molecule has 2 heterocycles. The van der Waals surface area contributed by atoms with E-state index < -0.39 is 10.0 Å². The molecule has 0 radical (unpaired) electrons. The zero-order valence-corrected chi connectivity index (χ0v) is 13.6. The van der Waals surface area contributed by atoms with Crippen molar-refractivity contribution in [2.24, 2.45) is 5.14 Å². The Morgan fingerprint density at radius 3 is 2.46 bits per heavy atom. The van der Waals surface area contributed by atoms with Crippen LogP contribution in [0.25, 0.3) is 0 Å². The van der Waals surface area contributed by atoms with Gasteiger partial charge in [-0.05, 0) is 37.1 Å². The summed E-state index contributed by atoms with van der Waals surface area (Å²) in [5.74, 6) is 0.966. The topological polar surface area (TPSA) is 125 Å². The largest absolute Gasteiger partial charge is 0.355 e. The summed E-state index contributed by atoms with van der Waals surface area (Å²) in [4.78, 5) is 10.7. The van der Waals surface area contributed by atoms with Crippen molar-refractivity contribution >= 4 is 27.5 Å². The predicted molar refractivity (Wildman–Crippen MR) is 89.3 cm³/mol. The molecule has 9 heteroatoms. The molecular weight excluding hydrogens is 328 g/mol. The lowest BCUT2D eigenvalue weighted by Gasteiger charge is -2.18. The van der Waals surface area contributed by atoms with Crippen LogP contribution < -0.4 is 15.4 Å². The fraction of sp³-hybridized carbons (Fsp3) is 0.267. The molecule has 2 aromatic rings. The van der Waals surface area contributed by atoms with E-state index in [-0.39, 0.29) is 4.90 Å². The summed E-state index contributed by atoms with van der Waals surface area (Å²) in [5, 5.41) is 17.3. The van der Waals surface area contributed by atoms with Crippen molar-refractivity contribution in [2.45, 2.75) is 17.7 Å². The number of hydrogen-bond donors (Lipinski definition) is 2. The van der Waals surface area contributed by atoms with Crippen LogP contribution in [0.5, 0.6) is 0 Å². The molecule has 0 spiro atoms. The SMILES string of the molecule is N#Cc1cnc(Nc2ccc(S(N)(=O)=O)cc2)nc1N1CCCC1. The number of nitrogens with zero attached hydrogens (tertiary/aromatic N) is 4. The van der Waals surface area contributed by atoms with Gasteiger partial charge < -0.3 is 10.2 Å². The molecule has 3 rings (SSSR count). The molecule has 1 aliphatic heterocycles. The second-order valence-electron chi connectivity index (χ2n) is 5.43. The van der Waals surface area contributed by atoms with E-state index in [1.807, 2.05) is 0 Å². The van der Waals surface area contributed by atoms with Gasteiger partial charge in [0.25, 0.3) is 0 Å². The van der Waals surface area contributed by atoms with Crippen LogP contribution in [-0.2, 0) is 10.0 Å². The monoisotopic (exact) mass is 344 g/mol. The van der Waals surface area contributed by atoms with Crippen molar-refractivity contribution in [3.05, 3.63) is 36.0 Å². The molecular formula is C15H16N6O2S. The average molecular weight is 344 g/mol. The lowest BCUT2D eigenvalue weighted by Crippen LogP contribution is -2.21. The van der Waals surface area contributed by atoms with E-state index in [4.69, 9.17) is 5.14 Å². The van der Waals surface area contributed by atoms with Crippen molar-refractivity contribution in [3.8, 4) is 6.07 Å². The van der Waals surface area contributed by atoms with E-state index in [9.17, 15) is 13.7 Å². The highest BCUT2D eigenvalue weighted by Gasteiger charge is 2.18. The van der Waals surface area contributed by atoms with E-state index in [1.54, 1.807) is 12.1 Å². The number of nitrogens with two attached hydrogens (primary N) is 1. The van der Waals surface area contributed by atoms with Crippen molar-refractivity contribution < 1.29 is 8.42 Å². The Labute approximate surface area is 140 Å². The molecule has 1 aliphatic rings. The number of aromatic nitrogens is 2. The highest BCUT2D eigenvalue weighted by atomic mass is 32.2. The second kappa shape index (κ2) is 6.43. The second-order valence-corrected chi connectivity index (χ2v) is 6.99. The predicted octanol–water partition coefficient (Wildman–Crippen LogP) is 1.34. The van der Waals surface area contributed by atoms with Crippen LogP contribution >= 0.6 is 0 Å². The van der Waals surface area contributed by atoms with Gasteiger partial charge in [-0.2, -0.15) is 10.2 Å². The van der Waals surface area contributed by atoms with Crippen LogP contribution in [0, 0.1) is 11.3 Å².